The lowest BCUT2D eigenvalue weighted by Gasteiger charge is -2.40. The zero-order chi connectivity index (χ0) is 50.2. The van der Waals surface area contributed by atoms with Crippen molar-refractivity contribution >= 4 is 52.4 Å². The smallest absolute Gasteiger partial charge is 0.251 e. The van der Waals surface area contributed by atoms with Crippen molar-refractivity contribution in [2.45, 2.75) is 110 Å². The van der Waals surface area contributed by atoms with E-state index in [1.807, 2.05) is 62.0 Å². The Bertz CT molecular complexity index is 2660. The van der Waals surface area contributed by atoms with Gasteiger partial charge in [0.1, 0.15) is 36.5 Å². The molecule has 20 nitrogen and oxygen atoms in total. The molecule has 0 bridgehead atoms. The van der Waals surface area contributed by atoms with Crippen molar-refractivity contribution in [3.8, 4) is 21.9 Å². The largest absolute Gasteiger partial charge is 0.495 e. The van der Waals surface area contributed by atoms with Crippen LogP contribution in [0.4, 0.5) is 17.5 Å². The van der Waals surface area contributed by atoms with Gasteiger partial charge in [-0.3, -0.25) is 23.7 Å². The molecule has 2 aliphatic heterocycles. The summed E-state index contributed by atoms with van der Waals surface area (Å²) >= 11 is 1.57. The number of amides is 4. The van der Waals surface area contributed by atoms with Crippen molar-refractivity contribution in [3.63, 3.8) is 0 Å². The highest BCUT2D eigenvalue weighted by Crippen LogP contribution is 2.43. The number of hydrogen-bond acceptors (Lipinski definition) is 16. The second kappa shape index (κ2) is 22.7. The van der Waals surface area contributed by atoms with Crippen LogP contribution in [-0.2, 0) is 30.4 Å². The first-order valence-corrected chi connectivity index (χ1v) is 25.1. The lowest BCUT2D eigenvalue weighted by Crippen LogP contribution is -2.58. The van der Waals surface area contributed by atoms with Crippen LogP contribution in [0.15, 0.2) is 60.5 Å². The third-order valence-corrected chi connectivity index (χ3v) is 14.1. The van der Waals surface area contributed by atoms with E-state index in [1.165, 1.54) is 24.9 Å². The fraction of sp³-hybridized carbons (Fsp3) is 0.500. The molecule has 5 N–H and O–H groups in total. The third-order valence-electron chi connectivity index (χ3n) is 13.1. The Labute approximate surface area is 417 Å². The summed E-state index contributed by atoms with van der Waals surface area (Å²) in [6.07, 6.45) is 8.08. The van der Waals surface area contributed by atoms with Gasteiger partial charge in [-0.2, -0.15) is 4.98 Å². The summed E-state index contributed by atoms with van der Waals surface area (Å²) < 4.78 is 18.8. The number of rotatable bonds is 20. The van der Waals surface area contributed by atoms with E-state index in [9.17, 15) is 24.3 Å². The first-order valence-electron chi connectivity index (χ1n) is 24.2. The van der Waals surface area contributed by atoms with Gasteiger partial charge >= 0.3 is 0 Å². The van der Waals surface area contributed by atoms with Crippen LogP contribution in [0.2, 0.25) is 0 Å². The van der Waals surface area contributed by atoms with Gasteiger partial charge in [0.25, 0.3) is 5.91 Å². The number of methoxy groups -OCH3 is 1. The Kier molecular flexibility index (Phi) is 16.2. The van der Waals surface area contributed by atoms with Gasteiger partial charge in [-0.1, -0.05) is 64.8 Å². The van der Waals surface area contributed by atoms with Crippen molar-refractivity contribution in [2.24, 2.45) is 5.41 Å². The monoisotopic (exact) mass is 992 g/mol. The third kappa shape index (κ3) is 11.8. The van der Waals surface area contributed by atoms with Crippen LogP contribution < -0.4 is 30.9 Å². The lowest BCUT2D eigenvalue weighted by atomic mass is 9.85. The summed E-state index contributed by atoms with van der Waals surface area (Å²) in [5.74, 6) is 0.873. The lowest BCUT2D eigenvalue weighted by molar-refractivity contribution is -0.144. The van der Waals surface area contributed by atoms with Crippen LogP contribution in [0.25, 0.3) is 16.1 Å². The Morgan fingerprint density at radius 2 is 1.76 bits per heavy atom. The number of benzene rings is 2. The molecular formula is C50H64N12O8S. The number of aliphatic hydroxyl groups excluding tert-OH is 1. The Balaban J connectivity index is 0.760. The molecule has 0 unspecified atom stereocenters. The standard InChI is InChI=1S/C50H64N12O8S/c1-7-37-45-59-55-28-61(45)39-25-53-49(58-44(39)62(37)34-10-8-9-11-34)56-36-17-16-33(22-40(36)68-6)46(65)51-18-19-69-20-21-70-27-41(64)57-43(50(3,4)5)48(67)60-26-35(63)23-38(60)47(66)52-24-31-12-14-32(15-13-31)42-30(2)54-29-71-42/h12-17,22,25,28-29,34-35,37-38,43,63H,7-11,18-21,23-24,26-27H2,1-6H3,(H,51,65)(H,52,66)(H,57,64)(H,53,56,58)/t35-,37-,38+,43-/m1/s1. The molecule has 1 aliphatic carbocycles. The highest BCUT2D eigenvalue weighted by atomic mass is 32.1. The maximum atomic E-state index is 14.0. The van der Waals surface area contributed by atoms with Gasteiger partial charge < -0.3 is 50.4 Å². The van der Waals surface area contributed by atoms with Gasteiger partial charge in [-0.05, 0) is 60.9 Å². The van der Waals surface area contributed by atoms with Gasteiger partial charge in [-0.15, -0.1) is 21.5 Å². The average molecular weight is 993 g/mol. The molecule has 0 spiro atoms. The molecule has 0 radical (unpaired) electrons. The number of aryl methyl sites for hydroxylation is 1. The number of nitrogens with zero attached hydrogens (tertiary/aromatic N) is 8. The van der Waals surface area contributed by atoms with E-state index in [0.717, 1.165) is 58.3 Å². The molecule has 2 aromatic carbocycles. The summed E-state index contributed by atoms with van der Waals surface area (Å²) in [6, 6.07) is 11.4. The molecular weight excluding hydrogens is 929 g/mol. The van der Waals surface area contributed by atoms with Gasteiger partial charge in [-0.25, -0.2) is 9.97 Å². The van der Waals surface area contributed by atoms with Crippen molar-refractivity contribution in [1.29, 1.82) is 0 Å². The topological polar surface area (TPSA) is 240 Å². The molecule has 1 saturated heterocycles. The number of likely N-dealkylation sites (tertiary alicyclic amines) is 1. The van der Waals surface area contributed by atoms with Crippen LogP contribution in [0.3, 0.4) is 0 Å². The number of hydrogen-bond donors (Lipinski definition) is 5. The fourth-order valence-electron chi connectivity index (χ4n) is 9.47. The predicted octanol–water partition coefficient (Wildman–Crippen LogP) is 5.03. The summed E-state index contributed by atoms with van der Waals surface area (Å²) in [6.45, 7) is 10.1. The second-order valence-electron chi connectivity index (χ2n) is 19.1. The second-order valence-corrected chi connectivity index (χ2v) is 20.0. The molecule has 1 saturated carbocycles. The van der Waals surface area contributed by atoms with E-state index < -0.39 is 35.4 Å². The zero-order valence-corrected chi connectivity index (χ0v) is 42.0. The number of β-amino-alcohol motifs (C(OH)–C–C–N with tert-alkyl or cyclic N) is 1. The summed E-state index contributed by atoms with van der Waals surface area (Å²) in [5.41, 5.74) is 5.78. The first kappa shape index (κ1) is 50.8. The Morgan fingerprint density at radius 1 is 0.986 bits per heavy atom. The van der Waals surface area contributed by atoms with E-state index in [4.69, 9.17) is 19.2 Å². The zero-order valence-electron chi connectivity index (χ0n) is 41.1. The number of fused-ring (bicyclic) bond motifs is 3. The fourth-order valence-corrected chi connectivity index (χ4v) is 10.3. The first-order chi connectivity index (χ1) is 34.2. The van der Waals surface area contributed by atoms with Gasteiger partial charge in [0.05, 0.1) is 67.0 Å². The number of ether oxygens (including phenoxy) is 3. The molecule has 5 heterocycles. The SMILES string of the molecule is CC[C@@H]1c2nncn2-c2cnc(Nc3ccc(C(=O)NCCOCCOCC(=O)N[C@H](C(=O)N4C[C@H](O)C[C@H]4C(=O)NCc4ccc(-c5scnc5C)cc4)C(C)(C)C)cc3OC)nc2N1C1CCCC1. The summed E-state index contributed by atoms with van der Waals surface area (Å²) in [5, 5.41) is 31.1. The number of anilines is 3. The summed E-state index contributed by atoms with van der Waals surface area (Å²) in [7, 11) is 1.53. The van der Waals surface area contributed by atoms with Crippen molar-refractivity contribution in [3.05, 3.63) is 83.1 Å². The normalized spacial score (nSPS) is 18.2. The number of aliphatic hydroxyl groups is 1. The van der Waals surface area contributed by atoms with Crippen LogP contribution in [0.5, 0.6) is 5.75 Å². The van der Waals surface area contributed by atoms with E-state index >= 15 is 0 Å². The molecule has 5 aromatic rings. The van der Waals surface area contributed by atoms with Gasteiger partial charge in [0, 0.05) is 37.7 Å². The van der Waals surface area contributed by atoms with Crippen LogP contribution in [0, 0.1) is 12.3 Å². The molecule has 378 valence electrons. The van der Waals surface area contributed by atoms with Crippen LogP contribution in [0.1, 0.15) is 99.7 Å². The Morgan fingerprint density at radius 3 is 2.48 bits per heavy atom. The molecule has 71 heavy (non-hydrogen) atoms. The average Bonchev–Trinajstić information content (AvgIpc) is 4.21. The maximum Gasteiger partial charge on any atom is 0.251 e. The summed E-state index contributed by atoms with van der Waals surface area (Å²) in [4.78, 5) is 72.5. The van der Waals surface area contributed by atoms with Crippen molar-refractivity contribution < 1.29 is 38.5 Å². The van der Waals surface area contributed by atoms with Crippen molar-refractivity contribution in [2.75, 3.05) is 56.8 Å². The number of carbonyl (C=O) groups excluding carboxylic acids is 4. The van der Waals surface area contributed by atoms with Crippen LogP contribution >= 0.6 is 11.3 Å². The molecule has 4 amide bonds. The van der Waals surface area contributed by atoms with Crippen molar-refractivity contribution in [1.82, 2.24) is 50.6 Å². The maximum absolute atomic E-state index is 14.0. The number of aromatic nitrogens is 6. The molecule has 4 atom stereocenters. The predicted molar refractivity (Wildman–Crippen MR) is 267 cm³/mol. The molecule has 3 aromatic heterocycles. The van der Waals surface area contributed by atoms with E-state index in [0.29, 0.717) is 29.0 Å². The molecule has 8 rings (SSSR count). The van der Waals surface area contributed by atoms with E-state index in [2.05, 4.69) is 53.3 Å². The molecule has 3 aliphatic rings. The van der Waals surface area contributed by atoms with Crippen LogP contribution in [-0.4, -0.2) is 134 Å². The van der Waals surface area contributed by atoms with Gasteiger partial charge in [0.15, 0.2) is 11.6 Å². The van der Waals surface area contributed by atoms with E-state index in [-0.39, 0.29) is 70.3 Å². The number of nitrogens with one attached hydrogen (secondary N) is 4. The highest BCUT2D eigenvalue weighted by molar-refractivity contribution is 7.13. The molecule has 21 heteroatoms. The Hall–Kier alpha value is -6.55. The number of thiazole rings is 1. The van der Waals surface area contributed by atoms with E-state index in [1.54, 1.807) is 42.1 Å². The quantitative estimate of drug-likeness (QED) is 0.0643. The highest BCUT2D eigenvalue weighted by Gasteiger charge is 2.45. The minimum atomic E-state index is -0.996. The molecule has 2 fully saturated rings. The number of carbonyl (C=O) groups is 4. The van der Waals surface area contributed by atoms with Gasteiger partial charge in [0.2, 0.25) is 23.7 Å². The minimum Gasteiger partial charge on any atom is -0.495 e. The minimum absolute atomic E-state index is 0.0344.